The highest BCUT2D eigenvalue weighted by Crippen LogP contribution is 2.29. The molecule has 0 radical (unpaired) electrons. The molecule has 0 aliphatic carbocycles. The lowest BCUT2D eigenvalue weighted by Crippen LogP contribution is -2.41. The third-order valence-corrected chi connectivity index (χ3v) is 4.62. The summed E-state index contributed by atoms with van der Waals surface area (Å²) in [6.45, 7) is 3.17. The molecule has 0 spiro atoms. The molecule has 6 nitrogen and oxygen atoms in total. The molecule has 0 bridgehead atoms. The van der Waals surface area contributed by atoms with Crippen molar-refractivity contribution in [1.29, 1.82) is 0 Å². The number of nitrogens with one attached hydrogen (secondary N) is 1. The lowest BCUT2D eigenvalue weighted by atomic mass is 10.0. The third kappa shape index (κ3) is 4.49. The lowest BCUT2D eigenvalue weighted by Gasteiger charge is -2.35. The number of ether oxygens (including phenoxy) is 1. The zero-order chi connectivity index (χ0) is 18.5. The zero-order valence-corrected chi connectivity index (χ0v) is 14.8. The van der Waals surface area contributed by atoms with Gasteiger partial charge in [-0.05, 0) is 29.8 Å². The van der Waals surface area contributed by atoms with E-state index >= 15 is 0 Å². The van der Waals surface area contributed by atoms with Gasteiger partial charge in [-0.1, -0.05) is 23.7 Å². The largest absolute Gasteiger partial charge is 0.379 e. The van der Waals surface area contributed by atoms with Crippen LogP contribution in [0.3, 0.4) is 0 Å². The Labute approximate surface area is 155 Å². The first-order valence-corrected chi connectivity index (χ1v) is 8.67. The predicted molar refractivity (Wildman–Crippen MR) is 98.1 cm³/mol. The highest BCUT2D eigenvalue weighted by atomic mass is 35.5. The quantitative estimate of drug-likeness (QED) is 0.609. The average molecular weight is 380 g/mol. The molecule has 1 aliphatic rings. The first kappa shape index (κ1) is 18.6. The Kier molecular flexibility index (Phi) is 6.03. The fourth-order valence-electron chi connectivity index (χ4n) is 3.04. The molecule has 0 amide bonds. The minimum absolute atomic E-state index is 0.0604. The van der Waals surface area contributed by atoms with Gasteiger partial charge in [-0.15, -0.1) is 0 Å². The van der Waals surface area contributed by atoms with Gasteiger partial charge in [0.25, 0.3) is 5.69 Å². The first-order chi connectivity index (χ1) is 12.5. The Morgan fingerprint density at radius 2 is 1.92 bits per heavy atom. The summed E-state index contributed by atoms with van der Waals surface area (Å²) in [5, 5.41) is 14.7. The van der Waals surface area contributed by atoms with Gasteiger partial charge in [-0.25, -0.2) is 4.39 Å². The smallest absolute Gasteiger partial charge is 0.293 e. The SMILES string of the molecule is O=[N+]([O-])c1cc(Cl)ccc1NCC(c1ccc(F)cc1)N1CCOCC1. The summed E-state index contributed by atoms with van der Waals surface area (Å²) in [4.78, 5) is 13.0. The van der Waals surface area contributed by atoms with Crippen molar-refractivity contribution >= 4 is 23.0 Å². The third-order valence-electron chi connectivity index (χ3n) is 4.38. The summed E-state index contributed by atoms with van der Waals surface area (Å²) in [5.74, 6) is -0.296. The summed E-state index contributed by atoms with van der Waals surface area (Å²) >= 11 is 5.87. The monoisotopic (exact) mass is 379 g/mol. The van der Waals surface area contributed by atoms with Crippen molar-refractivity contribution in [2.45, 2.75) is 6.04 Å². The second-order valence-corrected chi connectivity index (χ2v) is 6.45. The van der Waals surface area contributed by atoms with Gasteiger partial charge >= 0.3 is 0 Å². The maximum Gasteiger partial charge on any atom is 0.293 e. The van der Waals surface area contributed by atoms with Crippen LogP contribution in [-0.2, 0) is 4.74 Å². The number of anilines is 1. The van der Waals surface area contributed by atoms with Gasteiger partial charge in [0.05, 0.1) is 24.2 Å². The molecule has 26 heavy (non-hydrogen) atoms. The van der Waals surface area contributed by atoms with Crippen LogP contribution in [0.25, 0.3) is 0 Å². The Morgan fingerprint density at radius 3 is 2.58 bits per heavy atom. The Hall–Kier alpha value is -2.22. The number of hydrogen-bond acceptors (Lipinski definition) is 5. The van der Waals surface area contributed by atoms with Crippen LogP contribution in [0.15, 0.2) is 42.5 Å². The molecule has 1 saturated heterocycles. The van der Waals surface area contributed by atoms with Crippen molar-refractivity contribution in [1.82, 2.24) is 4.90 Å². The number of nitro groups is 1. The molecule has 1 atom stereocenters. The highest BCUT2D eigenvalue weighted by Gasteiger charge is 2.24. The van der Waals surface area contributed by atoms with E-state index in [1.807, 2.05) is 0 Å². The Bertz CT molecular complexity index is 767. The summed E-state index contributed by atoms with van der Waals surface area (Å²) < 4.78 is 18.7. The number of nitro benzene ring substituents is 1. The van der Waals surface area contributed by atoms with E-state index in [2.05, 4.69) is 10.2 Å². The summed E-state index contributed by atoms with van der Waals surface area (Å²) in [6, 6.07) is 10.8. The molecule has 2 aromatic carbocycles. The lowest BCUT2D eigenvalue weighted by molar-refractivity contribution is -0.383. The summed E-state index contributed by atoms with van der Waals surface area (Å²) in [5.41, 5.74) is 1.27. The van der Waals surface area contributed by atoms with Crippen molar-refractivity contribution in [2.75, 3.05) is 38.2 Å². The predicted octanol–water partition coefficient (Wildman–Crippen LogP) is 3.87. The molecule has 1 unspecified atom stereocenters. The van der Waals surface area contributed by atoms with Crippen LogP contribution in [0.5, 0.6) is 0 Å². The molecule has 138 valence electrons. The van der Waals surface area contributed by atoms with E-state index in [4.69, 9.17) is 16.3 Å². The maximum absolute atomic E-state index is 13.3. The fourth-order valence-corrected chi connectivity index (χ4v) is 3.21. The number of nitrogens with zero attached hydrogens (tertiary/aromatic N) is 2. The van der Waals surface area contributed by atoms with E-state index in [1.165, 1.54) is 18.2 Å². The number of morpholine rings is 1. The normalized spacial score (nSPS) is 16.2. The number of rotatable bonds is 6. The van der Waals surface area contributed by atoms with Crippen LogP contribution in [0.1, 0.15) is 11.6 Å². The molecule has 8 heteroatoms. The van der Waals surface area contributed by atoms with Crippen molar-refractivity contribution in [3.8, 4) is 0 Å². The van der Waals surface area contributed by atoms with E-state index in [0.717, 1.165) is 18.7 Å². The van der Waals surface area contributed by atoms with Crippen molar-refractivity contribution in [2.24, 2.45) is 0 Å². The van der Waals surface area contributed by atoms with Crippen molar-refractivity contribution < 1.29 is 14.1 Å². The molecule has 2 aromatic rings. The van der Waals surface area contributed by atoms with Gasteiger partial charge in [-0.2, -0.15) is 0 Å². The molecule has 3 rings (SSSR count). The van der Waals surface area contributed by atoms with Crippen LogP contribution in [0, 0.1) is 15.9 Å². The minimum Gasteiger partial charge on any atom is -0.379 e. The van der Waals surface area contributed by atoms with Crippen LogP contribution >= 0.6 is 11.6 Å². The molecule has 1 fully saturated rings. The maximum atomic E-state index is 13.3. The molecular weight excluding hydrogens is 361 g/mol. The van der Waals surface area contributed by atoms with Crippen molar-refractivity contribution in [3.63, 3.8) is 0 Å². The van der Waals surface area contributed by atoms with Crippen LogP contribution in [0.2, 0.25) is 5.02 Å². The zero-order valence-electron chi connectivity index (χ0n) is 14.0. The minimum atomic E-state index is -0.462. The van der Waals surface area contributed by atoms with Crippen LogP contribution in [0.4, 0.5) is 15.8 Å². The molecule has 0 aromatic heterocycles. The van der Waals surface area contributed by atoms with Crippen molar-refractivity contribution in [3.05, 3.63) is 69.0 Å². The second-order valence-electron chi connectivity index (χ2n) is 6.02. The van der Waals surface area contributed by atoms with E-state index in [1.54, 1.807) is 24.3 Å². The van der Waals surface area contributed by atoms with Crippen LogP contribution in [-0.4, -0.2) is 42.7 Å². The highest BCUT2D eigenvalue weighted by molar-refractivity contribution is 6.30. The van der Waals surface area contributed by atoms with Gasteiger partial charge in [0, 0.05) is 30.7 Å². The van der Waals surface area contributed by atoms with E-state index in [9.17, 15) is 14.5 Å². The molecule has 1 heterocycles. The molecule has 0 saturated carbocycles. The number of hydrogen-bond donors (Lipinski definition) is 1. The second kappa shape index (κ2) is 8.44. The topological polar surface area (TPSA) is 67.6 Å². The first-order valence-electron chi connectivity index (χ1n) is 8.29. The standard InChI is InChI=1S/C18H19ClFN3O3/c19-14-3-6-16(17(11-14)23(24)25)21-12-18(22-7-9-26-10-8-22)13-1-4-15(20)5-2-13/h1-6,11,18,21H,7-10,12H2. The van der Waals surface area contributed by atoms with E-state index in [-0.39, 0.29) is 17.5 Å². The van der Waals surface area contributed by atoms with Gasteiger partial charge in [-0.3, -0.25) is 15.0 Å². The molecule has 1 aliphatic heterocycles. The molecule has 1 N–H and O–H groups in total. The van der Waals surface area contributed by atoms with E-state index < -0.39 is 4.92 Å². The number of halogens is 2. The van der Waals surface area contributed by atoms with E-state index in [0.29, 0.717) is 30.5 Å². The van der Waals surface area contributed by atoms with Crippen LogP contribution < -0.4 is 5.32 Å². The summed E-state index contributed by atoms with van der Waals surface area (Å²) in [6.07, 6.45) is 0. The van der Waals surface area contributed by atoms with Gasteiger partial charge in [0.15, 0.2) is 0 Å². The average Bonchev–Trinajstić information content (AvgIpc) is 2.65. The van der Waals surface area contributed by atoms with Gasteiger partial charge in [0.2, 0.25) is 0 Å². The Balaban J connectivity index is 1.82. The van der Waals surface area contributed by atoms with Gasteiger partial charge in [0.1, 0.15) is 11.5 Å². The Morgan fingerprint density at radius 1 is 1.23 bits per heavy atom. The summed E-state index contributed by atoms with van der Waals surface area (Å²) in [7, 11) is 0. The molecular formula is C18H19ClFN3O3. The fraction of sp³-hybridized carbons (Fsp3) is 0.333. The van der Waals surface area contributed by atoms with Gasteiger partial charge < -0.3 is 10.1 Å². The number of benzene rings is 2.